The lowest BCUT2D eigenvalue weighted by molar-refractivity contribution is 0.0697. The topological polar surface area (TPSA) is 84.3 Å². The molecule has 0 aliphatic rings. The van der Waals surface area contributed by atoms with Gasteiger partial charge in [-0.15, -0.1) is 0 Å². The van der Waals surface area contributed by atoms with Crippen LogP contribution < -0.4 is 5.69 Å². The van der Waals surface area contributed by atoms with Gasteiger partial charge in [-0.05, 0) is 30.0 Å². The van der Waals surface area contributed by atoms with Crippen LogP contribution in [0.25, 0.3) is 11.0 Å². The molecule has 0 atom stereocenters. The van der Waals surface area contributed by atoms with Gasteiger partial charge < -0.3 is 14.8 Å². The normalized spacial score (nSPS) is 12.0. The Bertz CT molecular complexity index is 712. The molecule has 2 rings (SSSR count). The highest BCUT2D eigenvalue weighted by molar-refractivity contribution is 5.92. The minimum atomic E-state index is -1.01. The molecule has 114 valence electrons. The second-order valence-corrected chi connectivity index (χ2v) is 5.96. The zero-order chi connectivity index (χ0) is 15.6. The maximum Gasteiger partial charge on any atom is 0.335 e. The van der Waals surface area contributed by atoms with E-state index in [2.05, 4.69) is 18.8 Å². The Labute approximate surface area is 122 Å². The molecule has 0 saturated heterocycles. The van der Waals surface area contributed by atoms with E-state index in [1.54, 1.807) is 17.7 Å². The van der Waals surface area contributed by atoms with Gasteiger partial charge >= 0.3 is 11.7 Å². The van der Waals surface area contributed by atoms with Crippen LogP contribution in [-0.4, -0.2) is 34.3 Å². The van der Waals surface area contributed by atoms with E-state index in [9.17, 15) is 9.59 Å². The van der Waals surface area contributed by atoms with E-state index in [4.69, 9.17) is 9.84 Å². The fraction of sp³-hybridized carbons (Fsp3) is 0.467. The molecule has 0 spiro atoms. The highest BCUT2D eigenvalue weighted by Crippen LogP contribution is 2.24. The largest absolute Gasteiger partial charge is 0.478 e. The van der Waals surface area contributed by atoms with Gasteiger partial charge in [0.15, 0.2) is 0 Å². The molecular weight excluding hydrogens is 272 g/mol. The van der Waals surface area contributed by atoms with Crippen molar-refractivity contribution in [3.05, 3.63) is 34.2 Å². The molecule has 0 bridgehead atoms. The average molecular weight is 292 g/mol. The van der Waals surface area contributed by atoms with Crippen molar-refractivity contribution in [1.29, 1.82) is 0 Å². The van der Waals surface area contributed by atoms with Gasteiger partial charge in [0.1, 0.15) is 0 Å². The molecule has 0 aliphatic carbocycles. The Balaban J connectivity index is 2.38. The molecule has 0 saturated carbocycles. The van der Waals surface area contributed by atoms with Gasteiger partial charge in [0.2, 0.25) is 0 Å². The number of carboxylic acid groups (broad SMARTS) is 1. The molecule has 1 aromatic heterocycles. The van der Waals surface area contributed by atoms with Crippen LogP contribution >= 0.6 is 0 Å². The number of rotatable bonds is 6. The number of fused-ring (bicyclic) bond motifs is 1. The molecular formula is C15H20N2O4. The van der Waals surface area contributed by atoms with Gasteiger partial charge in [0.25, 0.3) is 0 Å². The Morgan fingerprint density at radius 1 is 1.43 bits per heavy atom. The van der Waals surface area contributed by atoms with Crippen molar-refractivity contribution in [2.75, 3.05) is 13.7 Å². The summed E-state index contributed by atoms with van der Waals surface area (Å²) in [7, 11) is 1.65. The van der Waals surface area contributed by atoms with E-state index in [0.29, 0.717) is 18.7 Å². The molecule has 0 amide bonds. The predicted molar refractivity (Wildman–Crippen MR) is 79.8 cm³/mol. The van der Waals surface area contributed by atoms with Crippen LogP contribution in [0.1, 0.15) is 30.6 Å². The first-order valence-corrected chi connectivity index (χ1v) is 6.79. The van der Waals surface area contributed by atoms with E-state index >= 15 is 0 Å². The van der Waals surface area contributed by atoms with Crippen molar-refractivity contribution >= 4 is 17.0 Å². The van der Waals surface area contributed by atoms with E-state index in [0.717, 1.165) is 11.9 Å². The fourth-order valence-electron chi connectivity index (χ4n) is 2.34. The Morgan fingerprint density at radius 2 is 2.14 bits per heavy atom. The first kappa shape index (κ1) is 15.3. The second-order valence-electron chi connectivity index (χ2n) is 5.96. The second kappa shape index (κ2) is 5.73. The lowest BCUT2D eigenvalue weighted by Gasteiger charge is -2.24. The standard InChI is InChI=1S/C15H20N2O4/c1-15(2,6-7-21-3)9-17-12-5-4-10(13(18)19)8-11(12)16-14(17)20/h4-5,8H,6-7,9H2,1-3H3,(H,16,20)(H,18,19). The number of carbonyl (C=O) groups is 1. The maximum atomic E-state index is 12.1. The van der Waals surface area contributed by atoms with Gasteiger partial charge in [-0.25, -0.2) is 9.59 Å². The molecule has 21 heavy (non-hydrogen) atoms. The summed E-state index contributed by atoms with van der Waals surface area (Å²) >= 11 is 0. The number of carboxylic acids is 1. The molecule has 1 heterocycles. The Hall–Kier alpha value is -2.08. The monoisotopic (exact) mass is 292 g/mol. The quantitative estimate of drug-likeness (QED) is 0.853. The lowest BCUT2D eigenvalue weighted by atomic mass is 9.89. The van der Waals surface area contributed by atoms with Crippen molar-refractivity contribution in [2.24, 2.45) is 5.41 Å². The zero-order valence-electron chi connectivity index (χ0n) is 12.5. The third-order valence-electron chi connectivity index (χ3n) is 3.59. The first-order chi connectivity index (χ1) is 9.84. The smallest absolute Gasteiger partial charge is 0.335 e. The van der Waals surface area contributed by atoms with E-state index in [1.165, 1.54) is 12.1 Å². The van der Waals surface area contributed by atoms with Crippen LogP contribution in [0.2, 0.25) is 0 Å². The Kier molecular flexibility index (Phi) is 4.18. The van der Waals surface area contributed by atoms with Gasteiger partial charge in [0, 0.05) is 20.3 Å². The SMILES string of the molecule is COCCC(C)(C)Cn1c(=O)[nH]c2cc(C(=O)O)ccc21. The molecule has 2 N–H and O–H groups in total. The van der Waals surface area contributed by atoms with Crippen LogP contribution in [-0.2, 0) is 11.3 Å². The van der Waals surface area contributed by atoms with Crippen LogP contribution in [0.4, 0.5) is 0 Å². The summed E-state index contributed by atoms with van der Waals surface area (Å²) in [4.78, 5) is 25.8. The van der Waals surface area contributed by atoms with Crippen LogP contribution in [0.5, 0.6) is 0 Å². The number of hydrogen-bond acceptors (Lipinski definition) is 3. The minimum Gasteiger partial charge on any atom is -0.478 e. The van der Waals surface area contributed by atoms with Gasteiger partial charge in [-0.2, -0.15) is 0 Å². The summed E-state index contributed by atoms with van der Waals surface area (Å²) in [6.45, 7) is 5.32. The summed E-state index contributed by atoms with van der Waals surface area (Å²) in [5, 5.41) is 8.99. The number of benzene rings is 1. The van der Waals surface area contributed by atoms with Gasteiger partial charge in [0.05, 0.1) is 16.6 Å². The number of nitrogens with one attached hydrogen (secondary N) is 1. The van der Waals surface area contributed by atoms with Crippen LogP contribution in [0.3, 0.4) is 0 Å². The molecule has 6 heteroatoms. The molecule has 2 aromatic rings. The van der Waals surface area contributed by atoms with E-state index in [-0.39, 0.29) is 16.7 Å². The van der Waals surface area contributed by atoms with Crippen molar-refractivity contribution in [3.8, 4) is 0 Å². The van der Waals surface area contributed by atoms with E-state index < -0.39 is 5.97 Å². The third-order valence-corrected chi connectivity index (χ3v) is 3.59. The molecule has 0 aliphatic heterocycles. The fourth-order valence-corrected chi connectivity index (χ4v) is 2.34. The summed E-state index contributed by atoms with van der Waals surface area (Å²) in [5.74, 6) is -1.01. The van der Waals surface area contributed by atoms with Crippen molar-refractivity contribution in [1.82, 2.24) is 9.55 Å². The number of imidazole rings is 1. The molecule has 6 nitrogen and oxygen atoms in total. The number of nitrogens with zero attached hydrogens (tertiary/aromatic N) is 1. The summed E-state index contributed by atoms with van der Waals surface area (Å²) in [6, 6.07) is 4.66. The van der Waals surface area contributed by atoms with Crippen molar-refractivity contribution in [2.45, 2.75) is 26.8 Å². The summed E-state index contributed by atoms with van der Waals surface area (Å²) in [6.07, 6.45) is 0.829. The van der Waals surface area contributed by atoms with Crippen molar-refractivity contribution < 1.29 is 14.6 Å². The number of aromatic carboxylic acids is 1. The highest BCUT2D eigenvalue weighted by atomic mass is 16.5. The Morgan fingerprint density at radius 3 is 2.76 bits per heavy atom. The van der Waals surface area contributed by atoms with Gasteiger partial charge in [-0.1, -0.05) is 13.8 Å². The molecule has 1 aromatic carbocycles. The van der Waals surface area contributed by atoms with Crippen LogP contribution in [0, 0.1) is 5.41 Å². The summed E-state index contributed by atoms with van der Waals surface area (Å²) < 4.78 is 6.75. The molecule has 0 unspecified atom stereocenters. The molecule has 0 radical (unpaired) electrons. The van der Waals surface area contributed by atoms with Gasteiger partial charge in [-0.3, -0.25) is 4.57 Å². The van der Waals surface area contributed by atoms with Crippen LogP contribution in [0.15, 0.2) is 23.0 Å². The number of aromatic nitrogens is 2. The maximum absolute atomic E-state index is 12.1. The minimum absolute atomic E-state index is 0.0968. The predicted octanol–water partition coefficient (Wildman–Crippen LogP) is 2.09. The zero-order valence-corrected chi connectivity index (χ0v) is 12.5. The third kappa shape index (κ3) is 3.33. The highest BCUT2D eigenvalue weighted by Gasteiger charge is 2.21. The average Bonchev–Trinajstić information content (AvgIpc) is 2.71. The first-order valence-electron chi connectivity index (χ1n) is 6.79. The number of methoxy groups -OCH3 is 1. The lowest BCUT2D eigenvalue weighted by Crippen LogP contribution is -2.27. The number of ether oxygens (including phenoxy) is 1. The number of H-pyrrole nitrogens is 1. The number of hydrogen-bond donors (Lipinski definition) is 2. The molecule has 0 fully saturated rings. The number of aromatic amines is 1. The van der Waals surface area contributed by atoms with Crippen molar-refractivity contribution in [3.63, 3.8) is 0 Å². The van der Waals surface area contributed by atoms with E-state index in [1.807, 2.05) is 0 Å². The summed E-state index contributed by atoms with van der Waals surface area (Å²) in [5.41, 5.74) is 1.10.